The smallest absolute Gasteiger partial charge is 0.412 e. The van der Waals surface area contributed by atoms with Crippen LogP contribution >= 0.6 is 0 Å². The van der Waals surface area contributed by atoms with Gasteiger partial charge in [-0.25, -0.2) is 13.6 Å². The fraction of sp³-hybridized carbons (Fsp3) is 0.321. The minimum Gasteiger partial charge on any atom is -0.444 e. The van der Waals surface area contributed by atoms with Gasteiger partial charge >= 0.3 is 16.3 Å². The molecule has 3 aromatic rings. The molecule has 4 rings (SSSR count). The summed E-state index contributed by atoms with van der Waals surface area (Å²) in [5.41, 5.74) is 1.53. The summed E-state index contributed by atoms with van der Waals surface area (Å²) in [5.74, 6) is -1.26. The quantitative estimate of drug-likeness (QED) is 0.399. The Labute approximate surface area is 227 Å². The van der Waals surface area contributed by atoms with Crippen molar-refractivity contribution in [2.24, 2.45) is 0 Å². The summed E-state index contributed by atoms with van der Waals surface area (Å²) in [7, 11) is -3.97. The second kappa shape index (κ2) is 11.7. The van der Waals surface area contributed by atoms with Gasteiger partial charge in [0.2, 0.25) is 0 Å². The number of hydrogen-bond donors (Lipinski definition) is 2. The zero-order valence-electron chi connectivity index (χ0n) is 21.9. The van der Waals surface area contributed by atoms with E-state index in [1.165, 1.54) is 40.7 Å². The van der Waals surface area contributed by atoms with Crippen molar-refractivity contribution in [2.75, 3.05) is 29.7 Å². The number of nitrogens with one attached hydrogen (secondary N) is 2. The largest absolute Gasteiger partial charge is 0.444 e. The van der Waals surface area contributed by atoms with Crippen LogP contribution in [0.15, 0.2) is 72.8 Å². The number of hydrogen-bond acceptors (Lipinski definition) is 5. The topological polar surface area (TPSA) is 97.0 Å². The van der Waals surface area contributed by atoms with Gasteiger partial charge in [0.15, 0.2) is 0 Å². The van der Waals surface area contributed by atoms with Gasteiger partial charge in [0.25, 0.3) is 0 Å². The van der Waals surface area contributed by atoms with Gasteiger partial charge in [0.05, 0.1) is 12.7 Å². The van der Waals surface area contributed by atoms with Gasteiger partial charge < -0.3 is 9.47 Å². The highest BCUT2D eigenvalue weighted by Crippen LogP contribution is 2.33. The number of carbonyl (C=O) groups excluding carboxylic acids is 1. The summed E-state index contributed by atoms with van der Waals surface area (Å²) in [6, 6.07) is 17.9. The van der Waals surface area contributed by atoms with Crippen LogP contribution in [0.4, 0.5) is 25.0 Å². The number of amides is 1. The lowest BCUT2D eigenvalue weighted by Gasteiger charge is -2.36. The molecule has 8 nitrogen and oxygen atoms in total. The molecular formula is C28H31F2N3O5S. The molecule has 1 unspecified atom stereocenters. The summed E-state index contributed by atoms with van der Waals surface area (Å²) in [4.78, 5) is 12.0. The fourth-order valence-corrected chi connectivity index (χ4v) is 5.51. The number of ether oxygens (including phenoxy) is 2. The molecule has 11 heteroatoms. The van der Waals surface area contributed by atoms with Crippen molar-refractivity contribution in [2.45, 2.75) is 38.4 Å². The molecule has 3 aromatic carbocycles. The Morgan fingerprint density at radius 1 is 0.923 bits per heavy atom. The van der Waals surface area contributed by atoms with Gasteiger partial charge in [0, 0.05) is 30.4 Å². The predicted octanol–water partition coefficient (Wildman–Crippen LogP) is 5.50. The van der Waals surface area contributed by atoms with Crippen molar-refractivity contribution in [1.82, 2.24) is 4.31 Å². The minimum absolute atomic E-state index is 0.0209. The second-order valence-corrected chi connectivity index (χ2v) is 11.8. The zero-order chi connectivity index (χ0) is 28.2. The Hall–Kier alpha value is -3.54. The number of halogens is 2. The maximum absolute atomic E-state index is 13.6. The summed E-state index contributed by atoms with van der Waals surface area (Å²) >= 11 is 0. The molecule has 2 N–H and O–H groups in total. The molecule has 0 spiro atoms. The summed E-state index contributed by atoms with van der Waals surface area (Å²) in [6.07, 6.45) is -1.22. The number of rotatable bonds is 7. The molecule has 1 heterocycles. The molecule has 0 bridgehead atoms. The lowest BCUT2D eigenvalue weighted by molar-refractivity contribution is -0.00977. The molecule has 1 aliphatic heterocycles. The molecule has 1 atom stereocenters. The monoisotopic (exact) mass is 559 g/mol. The number of anilines is 2. The number of benzene rings is 3. The third-order valence-corrected chi connectivity index (χ3v) is 7.51. The summed E-state index contributed by atoms with van der Waals surface area (Å²) in [5, 5.41) is 2.60. The molecule has 0 aliphatic carbocycles. The maximum Gasteiger partial charge on any atom is 0.412 e. The van der Waals surface area contributed by atoms with Gasteiger partial charge in [-0.2, -0.15) is 12.7 Å². The standard InChI is InChI=1S/C28H31F2N3O5S/c1-28(2,3)38-27(34)31-23-12-14-24(15-13-23)32-39(35,36)33-16-17-37-25(18-33)26(19-4-8-21(29)9-5-19)20-6-10-22(30)11-7-20/h4-15,25-26,32H,16-18H2,1-3H3,(H,31,34). The van der Waals surface area contributed by atoms with Crippen LogP contribution in [-0.2, 0) is 19.7 Å². The maximum atomic E-state index is 13.6. The molecule has 1 amide bonds. The predicted molar refractivity (Wildman–Crippen MR) is 145 cm³/mol. The molecule has 1 aliphatic rings. The molecule has 39 heavy (non-hydrogen) atoms. The molecule has 0 aromatic heterocycles. The average Bonchev–Trinajstić information content (AvgIpc) is 2.87. The van der Waals surface area contributed by atoms with Gasteiger partial charge in [-0.05, 0) is 80.4 Å². The van der Waals surface area contributed by atoms with Crippen LogP contribution in [0.1, 0.15) is 37.8 Å². The van der Waals surface area contributed by atoms with Crippen LogP contribution in [0.2, 0.25) is 0 Å². The first kappa shape index (κ1) is 28.5. The second-order valence-electron chi connectivity index (χ2n) is 10.2. The van der Waals surface area contributed by atoms with Gasteiger partial charge in [0.1, 0.15) is 17.2 Å². The summed E-state index contributed by atoms with van der Waals surface area (Å²) < 4.78 is 68.9. The first-order valence-corrected chi connectivity index (χ1v) is 13.8. The van der Waals surface area contributed by atoms with E-state index < -0.39 is 45.6 Å². The Morgan fingerprint density at radius 3 is 1.95 bits per heavy atom. The van der Waals surface area contributed by atoms with Crippen molar-refractivity contribution < 1.29 is 31.5 Å². The van der Waals surface area contributed by atoms with Crippen LogP contribution in [-0.4, -0.2) is 50.2 Å². The Kier molecular flexibility index (Phi) is 8.53. The normalized spacial score (nSPS) is 16.6. The fourth-order valence-electron chi connectivity index (χ4n) is 4.29. The lowest BCUT2D eigenvalue weighted by Crippen LogP contribution is -2.49. The van der Waals surface area contributed by atoms with E-state index in [1.807, 2.05) is 0 Å². The SMILES string of the molecule is CC(C)(C)OC(=O)Nc1ccc(NS(=O)(=O)N2CCOC(C(c3ccc(F)cc3)c3ccc(F)cc3)C2)cc1. The third-order valence-electron chi connectivity index (χ3n) is 6.00. The van der Waals surface area contributed by atoms with Gasteiger partial charge in [-0.1, -0.05) is 24.3 Å². The van der Waals surface area contributed by atoms with E-state index in [0.29, 0.717) is 22.5 Å². The van der Waals surface area contributed by atoms with E-state index in [2.05, 4.69) is 10.0 Å². The highest BCUT2D eigenvalue weighted by molar-refractivity contribution is 7.90. The molecule has 1 saturated heterocycles. The van der Waals surface area contributed by atoms with Crippen LogP contribution in [0.5, 0.6) is 0 Å². The molecule has 208 valence electrons. The van der Waals surface area contributed by atoms with E-state index in [4.69, 9.17) is 9.47 Å². The van der Waals surface area contributed by atoms with E-state index in [1.54, 1.807) is 57.2 Å². The van der Waals surface area contributed by atoms with E-state index >= 15 is 0 Å². The zero-order valence-corrected chi connectivity index (χ0v) is 22.7. The molecular weight excluding hydrogens is 528 g/mol. The first-order chi connectivity index (χ1) is 18.4. The van der Waals surface area contributed by atoms with Crippen molar-refractivity contribution in [1.29, 1.82) is 0 Å². The Morgan fingerprint density at radius 2 is 1.44 bits per heavy atom. The Balaban J connectivity index is 1.48. The van der Waals surface area contributed by atoms with Crippen molar-refractivity contribution >= 4 is 27.7 Å². The number of carbonyl (C=O) groups is 1. The molecule has 0 radical (unpaired) electrons. The van der Waals surface area contributed by atoms with E-state index in [-0.39, 0.29) is 19.7 Å². The van der Waals surface area contributed by atoms with Gasteiger partial charge in [-0.15, -0.1) is 0 Å². The van der Waals surface area contributed by atoms with E-state index in [9.17, 15) is 22.0 Å². The first-order valence-electron chi connectivity index (χ1n) is 12.4. The highest BCUT2D eigenvalue weighted by atomic mass is 32.2. The lowest BCUT2D eigenvalue weighted by atomic mass is 9.86. The summed E-state index contributed by atoms with van der Waals surface area (Å²) in [6.45, 7) is 5.55. The number of nitrogens with zero attached hydrogens (tertiary/aromatic N) is 1. The van der Waals surface area contributed by atoms with Crippen molar-refractivity contribution in [3.05, 3.63) is 95.6 Å². The van der Waals surface area contributed by atoms with Crippen LogP contribution in [0.25, 0.3) is 0 Å². The van der Waals surface area contributed by atoms with E-state index in [0.717, 1.165) is 0 Å². The van der Waals surface area contributed by atoms with Crippen LogP contribution in [0.3, 0.4) is 0 Å². The Bertz CT molecular complexity index is 1330. The molecule has 0 saturated carbocycles. The van der Waals surface area contributed by atoms with Crippen molar-refractivity contribution in [3.8, 4) is 0 Å². The number of morpholine rings is 1. The highest BCUT2D eigenvalue weighted by Gasteiger charge is 2.35. The molecule has 1 fully saturated rings. The third kappa shape index (κ3) is 7.75. The van der Waals surface area contributed by atoms with Crippen molar-refractivity contribution in [3.63, 3.8) is 0 Å². The van der Waals surface area contributed by atoms with Crippen LogP contribution < -0.4 is 10.0 Å². The van der Waals surface area contributed by atoms with Crippen LogP contribution in [0, 0.1) is 11.6 Å². The average molecular weight is 560 g/mol. The van der Waals surface area contributed by atoms with Gasteiger partial charge in [-0.3, -0.25) is 10.0 Å². The minimum atomic E-state index is -3.97.